The van der Waals surface area contributed by atoms with Gasteiger partial charge < -0.3 is 9.84 Å². The van der Waals surface area contributed by atoms with Gasteiger partial charge in [-0.2, -0.15) is 10.5 Å². The van der Waals surface area contributed by atoms with E-state index in [1.54, 1.807) is 37.4 Å². The topological polar surface area (TPSA) is 77.0 Å². The van der Waals surface area contributed by atoms with E-state index in [0.717, 1.165) is 4.47 Å². The Hall–Kier alpha value is -2.02. The molecule has 0 aliphatic rings. The van der Waals surface area contributed by atoms with Crippen LogP contribution in [0.1, 0.15) is 18.6 Å². The third-order valence-electron chi connectivity index (χ3n) is 2.40. The second-order valence-electron chi connectivity index (χ2n) is 3.68. The molecule has 0 unspecified atom stereocenters. The van der Waals surface area contributed by atoms with Crippen LogP contribution in [-0.2, 0) is 0 Å². The van der Waals surface area contributed by atoms with Crippen molar-refractivity contribution in [3.63, 3.8) is 0 Å². The van der Waals surface area contributed by atoms with Gasteiger partial charge in [-0.3, -0.25) is 0 Å². The second-order valence-corrected chi connectivity index (χ2v) is 5.39. The maximum absolute atomic E-state index is 9.13. The van der Waals surface area contributed by atoms with Crippen LogP contribution in [-0.4, -0.2) is 12.2 Å². The standard InChI is InChI=1S/C8H6BrNO.C7H4BrNO.CH4/c1-11-8-6(5-10)3-2-4-7(8)9;8-6-3-1-2-5(4-9)7(6)10;/h2-4H,1H3;1-3,10H;1H4. The van der Waals surface area contributed by atoms with Crippen molar-refractivity contribution in [2.45, 2.75) is 7.43 Å². The Bertz CT molecular complexity index is 719. The number of phenolic OH excluding ortho intramolecular Hbond substituents is 1. The number of methoxy groups -OCH3 is 1. The van der Waals surface area contributed by atoms with Gasteiger partial charge in [0.05, 0.1) is 27.2 Å². The zero-order chi connectivity index (χ0) is 15.8. The highest BCUT2D eigenvalue weighted by molar-refractivity contribution is 9.10. The number of hydrogen-bond acceptors (Lipinski definition) is 4. The molecule has 2 aromatic carbocycles. The summed E-state index contributed by atoms with van der Waals surface area (Å²) in [5.74, 6) is 0.597. The van der Waals surface area contributed by atoms with Crippen molar-refractivity contribution in [3.05, 3.63) is 56.5 Å². The predicted molar refractivity (Wildman–Crippen MR) is 92.7 cm³/mol. The van der Waals surface area contributed by atoms with Crippen molar-refractivity contribution in [2.75, 3.05) is 7.11 Å². The largest absolute Gasteiger partial charge is 0.505 e. The molecule has 0 bridgehead atoms. The van der Waals surface area contributed by atoms with Gasteiger partial charge in [0.15, 0.2) is 5.75 Å². The summed E-state index contributed by atoms with van der Waals surface area (Å²) in [5, 5.41) is 26.2. The molecule has 0 fully saturated rings. The van der Waals surface area contributed by atoms with Crippen LogP contribution in [0.5, 0.6) is 11.5 Å². The monoisotopic (exact) mass is 424 g/mol. The SMILES string of the molecule is C.COc1c(Br)cccc1C#N.N#Cc1cccc(Br)c1O. The van der Waals surface area contributed by atoms with Gasteiger partial charge >= 0.3 is 0 Å². The molecule has 2 aromatic rings. The van der Waals surface area contributed by atoms with Gasteiger partial charge in [-0.25, -0.2) is 0 Å². The lowest BCUT2D eigenvalue weighted by Gasteiger charge is -2.02. The van der Waals surface area contributed by atoms with Gasteiger partial charge in [-0.05, 0) is 56.1 Å². The number of benzene rings is 2. The van der Waals surface area contributed by atoms with Crippen LogP contribution >= 0.6 is 31.9 Å². The summed E-state index contributed by atoms with van der Waals surface area (Å²) in [7, 11) is 1.54. The van der Waals surface area contributed by atoms with E-state index < -0.39 is 0 Å². The molecule has 0 saturated carbocycles. The molecule has 0 spiro atoms. The first-order valence-electron chi connectivity index (χ1n) is 5.65. The van der Waals surface area contributed by atoms with Crippen LogP contribution in [0.15, 0.2) is 45.3 Å². The maximum Gasteiger partial charge on any atom is 0.150 e. The molecule has 0 radical (unpaired) electrons. The first-order valence-corrected chi connectivity index (χ1v) is 7.24. The maximum atomic E-state index is 9.13. The summed E-state index contributed by atoms with van der Waals surface area (Å²) in [6.45, 7) is 0. The highest BCUT2D eigenvalue weighted by Gasteiger charge is 2.04. The third-order valence-corrected chi connectivity index (χ3v) is 3.66. The molecular weight excluding hydrogens is 412 g/mol. The zero-order valence-corrected chi connectivity index (χ0v) is 14.1. The van der Waals surface area contributed by atoms with E-state index >= 15 is 0 Å². The lowest BCUT2D eigenvalue weighted by Crippen LogP contribution is -1.87. The zero-order valence-electron chi connectivity index (χ0n) is 11.0. The summed E-state index contributed by atoms with van der Waals surface area (Å²) in [6, 6.07) is 14.2. The average molecular weight is 426 g/mol. The number of nitrogens with zero attached hydrogens (tertiary/aromatic N) is 2. The Balaban J connectivity index is 0.000000385. The van der Waals surface area contributed by atoms with E-state index in [0.29, 0.717) is 15.8 Å². The van der Waals surface area contributed by atoms with Crippen molar-refractivity contribution in [1.29, 1.82) is 10.5 Å². The molecule has 0 aliphatic heterocycles. The summed E-state index contributed by atoms with van der Waals surface area (Å²) in [6.07, 6.45) is 0. The number of halogens is 2. The second kappa shape index (κ2) is 9.83. The fourth-order valence-corrected chi connectivity index (χ4v) is 2.30. The first kappa shape index (κ1) is 20.0. The Morgan fingerprint density at radius 1 is 0.955 bits per heavy atom. The van der Waals surface area contributed by atoms with E-state index in [4.69, 9.17) is 20.4 Å². The summed E-state index contributed by atoms with van der Waals surface area (Å²) >= 11 is 6.36. The predicted octanol–water partition coefficient (Wildman–Crippen LogP) is 4.99. The van der Waals surface area contributed by atoms with Gasteiger partial charge in [0.25, 0.3) is 0 Å². The Morgan fingerprint density at radius 2 is 1.45 bits per heavy atom. The van der Waals surface area contributed by atoms with Gasteiger partial charge in [0, 0.05) is 0 Å². The van der Waals surface area contributed by atoms with Crippen LogP contribution in [0, 0.1) is 22.7 Å². The summed E-state index contributed by atoms with van der Waals surface area (Å²) in [4.78, 5) is 0. The van der Waals surface area contributed by atoms with Crippen molar-refractivity contribution >= 4 is 31.9 Å². The molecule has 2 rings (SSSR count). The van der Waals surface area contributed by atoms with Crippen LogP contribution in [0.3, 0.4) is 0 Å². The number of para-hydroxylation sites is 2. The van der Waals surface area contributed by atoms with E-state index in [2.05, 4.69) is 31.9 Å². The minimum atomic E-state index is 0. The number of rotatable bonds is 1. The van der Waals surface area contributed by atoms with Gasteiger partial charge in [-0.15, -0.1) is 0 Å². The first-order chi connectivity index (χ1) is 10.0. The van der Waals surface area contributed by atoms with E-state index in [1.807, 2.05) is 18.2 Å². The summed E-state index contributed by atoms with van der Waals surface area (Å²) < 4.78 is 6.35. The van der Waals surface area contributed by atoms with E-state index in [9.17, 15) is 0 Å². The van der Waals surface area contributed by atoms with Crippen molar-refractivity contribution in [2.24, 2.45) is 0 Å². The lowest BCUT2D eigenvalue weighted by molar-refractivity contribution is 0.411. The van der Waals surface area contributed by atoms with Crippen molar-refractivity contribution < 1.29 is 9.84 Å². The molecule has 114 valence electrons. The van der Waals surface area contributed by atoms with Gasteiger partial charge in [0.2, 0.25) is 0 Å². The molecule has 0 heterocycles. The van der Waals surface area contributed by atoms with Crippen LogP contribution in [0.4, 0.5) is 0 Å². The number of phenols is 1. The van der Waals surface area contributed by atoms with Gasteiger partial charge in [-0.1, -0.05) is 19.6 Å². The molecule has 0 amide bonds. The number of aromatic hydroxyl groups is 1. The molecule has 6 heteroatoms. The van der Waals surface area contributed by atoms with E-state index in [1.165, 1.54) is 0 Å². The highest BCUT2D eigenvalue weighted by atomic mass is 79.9. The van der Waals surface area contributed by atoms with E-state index in [-0.39, 0.29) is 18.7 Å². The minimum Gasteiger partial charge on any atom is -0.505 e. The third kappa shape index (κ3) is 5.07. The molecular formula is C16H14Br2N2O2. The van der Waals surface area contributed by atoms with Crippen molar-refractivity contribution in [3.8, 4) is 23.6 Å². The van der Waals surface area contributed by atoms with Crippen LogP contribution < -0.4 is 4.74 Å². The number of nitriles is 2. The Morgan fingerprint density at radius 3 is 1.86 bits per heavy atom. The molecule has 0 aliphatic carbocycles. The molecule has 4 nitrogen and oxygen atoms in total. The normalized spacial score (nSPS) is 8.41. The highest BCUT2D eigenvalue weighted by Crippen LogP contribution is 2.27. The number of ether oxygens (including phenoxy) is 1. The smallest absolute Gasteiger partial charge is 0.150 e. The van der Waals surface area contributed by atoms with Crippen molar-refractivity contribution in [1.82, 2.24) is 0 Å². The van der Waals surface area contributed by atoms with Crippen LogP contribution in [0.25, 0.3) is 0 Å². The van der Waals surface area contributed by atoms with Gasteiger partial charge in [0.1, 0.15) is 17.9 Å². The molecule has 1 N–H and O–H groups in total. The molecule has 22 heavy (non-hydrogen) atoms. The Labute approximate surface area is 146 Å². The average Bonchev–Trinajstić information content (AvgIpc) is 2.50. The molecule has 0 saturated heterocycles. The summed E-state index contributed by atoms with van der Waals surface area (Å²) in [5.41, 5.74) is 0.830. The molecule has 0 atom stereocenters. The fraction of sp³-hybridized carbons (Fsp3) is 0.125. The minimum absolute atomic E-state index is 0. The number of hydrogen-bond donors (Lipinski definition) is 1. The molecule has 0 aromatic heterocycles. The Kier molecular flexibility index (Phi) is 8.93. The lowest BCUT2D eigenvalue weighted by atomic mass is 10.2. The fourth-order valence-electron chi connectivity index (χ4n) is 1.41. The van der Waals surface area contributed by atoms with Crippen LogP contribution in [0.2, 0.25) is 0 Å². The quantitative estimate of drug-likeness (QED) is 0.697.